The molecule has 7 nitrogen and oxygen atoms in total. The monoisotopic (exact) mass is 525 g/mol. The first kappa shape index (κ1) is 25.0. The molecule has 2 aliphatic rings. The number of carbonyl (C=O) groups is 2. The molecule has 1 heterocycles. The van der Waals surface area contributed by atoms with Crippen LogP contribution in [0.4, 0.5) is 13.6 Å². The zero-order valence-corrected chi connectivity index (χ0v) is 20.4. The van der Waals surface area contributed by atoms with Crippen molar-refractivity contribution in [2.45, 2.75) is 50.9 Å². The van der Waals surface area contributed by atoms with Gasteiger partial charge in [0.05, 0.1) is 18.8 Å². The van der Waals surface area contributed by atoms with Crippen LogP contribution < -0.4 is 5.32 Å². The lowest BCUT2D eigenvalue weighted by atomic mass is 9.84. The highest BCUT2D eigenvalue weighted by atomic mass is 79.9. The fourth-order valence-corrected chi connectivity index (χ4v) is 4.88. The predicted molar refractivity (Wildman–Crippen MR) is 120 cm³/mol. The van der Waals surface area contributed by atoms with E-state index in [-0.39, 0.29) is 23.1 Å². The Morgan fingerprint density at radius 1 is 1.33 bits per heavy atom. The summed E-state index contributed by atoms with van der Waals surface area (Å²) >= 11 is 3.32. The Morgan fingerprint density at radius 2 is 2.03 bits per heavy atom. The molecule has 0 aromatic carbocycles. The average Bonchev–Trinajstić information content (AvgIpc) is 3.29. The van der Waals surface area contributed by atoms with E-state index in [1.165, 1.54) is 37.7 Å². The second kappa shape index (κ2) is 9.32. The third kappa shape index (κ3) is 4.71. The van der Waals surface area contributed by atoms with Crippen molar-refractivity contribution in [2.24, 2.45) is 11.3 Å². The average molecular weight is 526 g/mol. The highest BCUT2D eigenvalue weighted by molar-refractivity contribution is 9.10. The molecular weight excluding hydrogens is 500 g/mol. The van der Waals surface area contributed by atoms with Gasteiger partial charge in [0.15, 0.2) is 5.67 Å². The van der Waals surface area contributed by atoms with E-state index < -0.39 is 46.5 Å². The van der Waals surface area contributed by atoms with E-state index in [1.54, 1.807) is 26.8 Å². The van der Waals surface area contributed by atoms with E-state index in [1.807, 2.05) is 0 Å². The lowest BCUT2D eigenvalue weighted by Gasteiger charge is -2.31. The number of aromatic nitrogens is 2. The number of fused-ring (bicyclic) bond motifs is 1. The molecule has 4 atom stereocenters. The standard InChI is InChI=1S/C23H26BrF2N3O4/c1-21(2,3)33-20(31)29-18(17-19(24)28-13-12-27-17)22(11-6-5-10-16(30)32-4)14-8-7-9-15(25)23(14,22)26/h5,7-10,12-14,18H,6,11H2,1-4H3,(H,29,31)/b10-5+/t14?,18-,22?,23?/m1/s1. The maximum absolute atomic E-state index is 16.3. The summed E-state index contributed by atoms with van der Waals surface area (Å²) in [4.78, 5) is 32.7. The van der Waals surface area contributed by atoms with E-state index in [4.69, 9.17) is 4.74 Å². The Balaban J connectivity index is 2.05. The molecule has 0 aliphatic heterocycles. The first-order chi connectivity index (χ1) is 15.5. The second-order valence-corrected chi connectivity index (χ2v) is 9.66. The molecule has 0 saturated heterocycles. The number of allylic oxidation sites excluding steroid dienone is 5. The Kier molecular flexibility index (Phi) is 7.07. The maximum atomic E-state index is 16.3. The Bertz CT molecular complexity index is 1020. The molecule has 0 radical (unpaired) electrons. The Morgan fingerprint density at radius 3 is 2.64 bits per heavy atom. The van der Waals surface area contributed by atoms with Gasteiger partial charge >= 0.3 is 12.1 Å². The maximum Gasteiger partial charge on any atom is 0.408 e. The van der Waals surface area contributed by atoms with Gasteiger partial charge in [-0.15, -0.1) is 0 Å². The number of nitrogens with zero attached hydrogens (tertiary/aromatic N) is 2. The second-order valence-electron chi connectivity index (χ2n) is 8.91. The molecule has 0 bridgehead atoms. The van der Waals surface area contributed by atoms with E-state index in [0.29, 0.717) is 0 Å². The quantitative estimate of drug-likeness (QED) is 0.395. The van der Waals surface area contributed by atoms with Gasteiger partial charge in [0.25, 0.3) is 0 Å². The number of amides is 1. The van der Waals surface area contributed by atoms with Gasteiger partial charge in [0, 0.05) is 29.8 Å². The van der Waals surface area contributed by atoms with Crippen molar-refractivity contribution in [3.63, 3.8) is 0 Å². The van der Waals surface area contributed by atoms with Crippen LogP contribution >= 0.6 is 15.9 Å². The van der Waals surface area contributed by atoms with Crippen LogP contribution in [0, 0.1) is 11.3 Å². The molecule has 33 heavy (non-hydrogen) atoms. The highest BCUT2D eigenvalue weighted by Crippen LogP contribution is 2.76. The lowest BCUT2D eigenvalue weighted by Crippen LogP contribution is -2.41. The third-order valence-electron chi connectivity index (χ3n) is 5.78. The molecule has 1 N–H and O–H groups in total. The smallest absolute Gasteiger partial charge is 0.408 e. The van der Waals surface area contributed by atoms with E-state index in [0.717, 1.165) is 6.08 Å². The minimum atomic E-state index is -2.36. The van der Waals surface area contributed by atoms with E-state index in [9.17, 15) is 14.0 Å². The summed E-state index contributed by atoms with van der Waals surface area (Å²) in [5.41, 5.74) is -4.36. The van der Waals surface area contributed by atoms with Crippen molar-refractivity contribution in [2.75, 3.05) is 7.11 Å². The summed E-state index contributed by atoms with van der Waals surface area (Å²) in [6.45, 7) is 5.10. The van der Waals surface area contributed by atoms with Crippen LogP contribution in [0.5, 0.6) is 0 Å². The fraction of sp³-hybridized carbons (Fsp3) is 0.478. The van der Waals surface area contributed by atoms with E-state index in [2.05, 4.69) is 36.0 Å². The number of esters is 1. The highest BCUT2D eigenvalue weighted by Gasteiger charge is 2.82. The number of alkyl carbamates (subject to hydrolysis) is 1. The number of hydrogen-bond donors (Lipinski definition) is 1. The first-order valence-electron chi connectivity index (χ1n) is 10.4. The van der Waals surface area contributed by atoms with Crippen LogP contribution in [0.1, 0.15) is 45.3 Å². The summed E-state index contributed by atoms with van der Waals surface area (Å²) in [5.74, 6) is -2.35. The summed E-state index contributed by atoms with van der Waals surface area (Å²) in [7, 11) is 1.25. The van der Waals surface area contributed by atoms with Crippen molar-refractivity contribution in [1.29, 1.82) is 0 Å². The molecule has 1 fully saturated rings. The number of hydrogen-bond acceptors (Lipinski definition) is 6. The van der Waals surface area contributed by atoms with Gasteiger partial charge in [-0.3, -0.25) is 4.98 Å². The number of rotatable bonds is 7. The van der Waals surface area contributed by atoms with Gasteiger partial charge < -0.3 is 14.8 Å². The Labute approximate surface area is 199 Å². The topological polar surface area (TPSA) is 90.4 Å². The summed E-state index contributed by atoms with van der Waals surface area (Å²) < 4.78 is 41.5. The SMILES string of the molecule is COC(=O)/C=C/CCC1([C@H](NC(=O)OC(C)(C)C)c2nccnc2Br)C2C=CC=C(F)C21F. The molecule has 1 saturated carbocycles. The molecule has 3 rings (SSSR count). The summed E-state index contributed by atoms with van der Waals surface area (Å²) in [5, 5.41) is 2.72. The zero-order chi connectivity index (χ0) is 24.4. The number of alkyl halides is 1. The summed E-state index contributed by atoms with van der Waals surface area (Å²) in [6, 6.07) is -1.08. The van der Waals surface area contributed by atoms with Crippen LogP contribution in [0.25, 0.3) is 0 Å². The van der Waals surface area contributed by atoms with Crippen LogP contribution in [-0.2, 0) is 14.3 Å². The van der Waals surface area contributed by atoms with Gasteiger partial charge in [-0.1, -0.05) is 18.2 Å². The van der Waals surface area contributed by atoms with Gasteiger partial charge in [0.2, 0.25) is 0 Å². The fourth-order valence-electron chi connectivity index (χ4n) is 4.43. The molecule has 0 spiro atoms. The molecule has 1 amide bonds. The normalized spacial score (nSPS) is 26.9. The number of methoxy groups -OCH3 is 1. The van der Waals surface area contributed by atoms with Crippen molar-refractivity contribution in [3.05, 3.63) is 58.9 Å². The molecule has 2 aliphatic carbocycles. The molecule has 10 heteroatoms. The van der Waals surface area contributed by atoms with Crippen molar-refractivity contribution in [3.8, 4) is 0 Å². The van der Waals surface area contributed by atoms with Crippen LogP contribution in [0.15, 0.2) is 53.2 Å². The zero-order valence-electron chi connectivity index (χ0n) is 18.8. The largest absolute Gasteiger partial charge is 0.466 e. The molecule has 1 aromatic heterocycles. The third-order valence-corrected chi connectivity index (χ3v) is 6.39. The van der Waals surface area contributed by atoms with Gasteiger partial charge in [-0.05, 0) is 55.6 Å². The molecule has 3 unspecified atom stereocenters. The lowest BCUT2D eigenvalue weighted by molar-refractivity contribution is -0.134. The van der Waals surface area contributed by atoms with Gasteiger partial charge in [-0.25, -0.2) is 23.4 Å². The van der Waals surface area contributed by atoms with Crippen molar-refractivity contribution in [1.82, 2.24) is 15.3 Å². The van der Waals surface area contributed by atoms with Crippen LogP contribution in [0.2, 0.25) is 0 Å². The number of nitrogens with one attached hydrogen (secondary N) is 1. The minimum Gasteiger partial charge on any atom is -0.466 e. The number of ether oxygens (including phenoxy) is 2. The summed E-state index contributed by atoms with van der Waals surface area (Å²) in [6.07, 6.45) is 9.25. The molecule has 178 valence electrons. The first-order valence-corrected chi connectivity index (χ1v) is 11.2. The number of carbonyl (C=O) groups excluding carboxylic acids is 2. The van der Waals surface area contributed by atoms with Crippen LogP contribution in [-0.4, -0.2) is 40.4 Å². The van der Waals surface area contributed by atoms with Gasteiger partial charge in [0.1, 0.15) is 16.0 Å². The minimum absolute atomic E-state index is 0.0940. The Hall–Kier alpha value is -2.62. The predicted octanol–water partition coefficient (Wildman–Crippen LogP) is 5.06. The molecule has 1 aromatic rings. The van der Waals surface area contributed by atoms with E-state index >= 15 is 4.39 Å². The van der Waals surface area contributed by atoms with Gasteiger partial charge in [-0.2, -0.15) is 0 Å². The molecular formula is C23H26BrF2N3O4. The van der Waals surface area contributed by atoms with Crippen molar-refractivity contribution < 1.29 is 27.8 Å². The number of halogens is 3. The van der Waals surface area contributed by atoms with Crippen LogP contribution in [0.3, 0.4) is 0 Å². The van der Waals surface area contributed by atoms with Crippen molar-refractivity contribution >= 4 is 28.0 Å².